The lowest BCUT2D eigenvalue weighted by molar-refractivity contribution is -0.123. The van der Waals surface area contributed by atoms with Crippen LogP contribution in [0.25, 0.3) is 21.9 Å². The van der Waals surface area contributed by atoms with E-state index in [0.717, 1.165) is 45.2 Å². The highest BCUT2D eigenvalue weighted by molar-refractivity contribution is 8.27. The molecule has 2 aliphatic heterocycles. The molecule has 2 saturated heterocycles. The molecule has 10 heteroatoms. The maximum Gasteiger partial charge on any atom is 0.266 e. The van der Waals surface area contributed by atoms with Crippen molar-refractivity contribution in [2.24, 2.45) is 0 Å². The molecule has 2 aromatic rings. The van der Waals surface area contributed by atoms with E-state index in [4.69, 9.17) is 24.4 Å². The number of carbonyl (C=O) groups excluding carboxylic acids is 2. The van der Waals surface area contributed by atoms with Crippen LogP contribution in [0.2, 0.25) is 0 Å². The van der Waals surface area contributed by atoms with Gasteiger partial charge in [0.15, 0.2) is 0 Å². The molecule has 4 rings (SSSR count). The molecule has 2 fully saturated rings. The van der Waals surface area contributed by atoms with E-state index in [1.54, 1.807) is 32.5 Å². The van der Waals surface area contributed by atoms with Crippen LogP contribution in [-0.2, 0) is 9.59 Å². The third kappa shape index (κ3) is 11.4. The van der Waals surface area contributed by atoms with Crippen LogP contribution in [0.4, 0.5) is 0 Å². The highest BCUT2D eigenvalue weighted by atomic mass is 32.2. The van der Waals surface area contributed by atoms with E-state index in [1.807, 2.05) is 12.2 Å². The molecule has 2 amide bonds. The molecule has 4 heterocycles. The Morgan fingerprint density at radius 3 is 1.26 bits per heavy atom. The summed E-state index contributed by atoms with van der Waals surface area (Å²) in [6, 6.07) is 8.36. The number of rotatable bonds is 21. The number of unbranched alkanes of at least 4 members (excludes halogenated alkanes) is 14. The zero-order valence-corrected chi connectivity index (χ0v) is 32.3. The second-order valence-corrected chi connectivity index (χ2v) is 17.6. The predicted octanol–water partition coefficient (Wildman–Crippen LogP) is 12.2. The van der Waals surface area contributed by atoms with Gasteiger partial charge >= 0.3 is 0 Å². The molecule has 0 aromatic carbocycles. The Morgan fingerprint density at radius 1 is 0.543 bits per heavy atom. The monoisotopic (exact) mass is 732 g/mol. The highest BCUT2D eigenvalue weighted by Gasteiger charge is 2.32. The Bertz CT molecular complexity index is 1290. The number of carbonyl (C=O) groups is 2. The molecule has 0 radical (unpaired) electrons. The number of amides is 2. The van der Waals surface area contributed by atoms with Crippen LogP contribution in [0, 0.1) is 0 Å². The summed E-state index contributed by atoms with van der Waals surface area (Å²) in [6.07, 6.45) is 23.8. The SMILES string of the molecule is CCCCCCCCCCN1C(=O)/C(=C/c2ccc(-c3ccc(/C=C4\SC(=S)N(CCCCCCCCCC)C4=O)s3)s2)SC1=S. The van der Waals surface area contributed by atoms with Crippen molar-refractivity contribution in [3.63, 3.8) is 0 Å². The van der Waals surface area contributed by atoms with Crippen LogP contribution in [0.15, 0.2) is 34.1 Å². The molecule has 0 atom stereocenters. The van der Waals surface area contributed by atoms with Gasteiger partial charge in [-0.2, -0.15) is 0 Å². The summed E-state index contributed by atoms with van der Waals surface area (Å²) in [7, 11) is 0. The fourth-order valence-electron chi connectivity index (χ4n) is 5.58. The van der Waals surface area contributed by atoms with Crippen molar-refractivity contribution in [1.82, 2.24) is 9.80 Å². The molecule has 0 aliphatic carbocycles. The van der Waals surface area contributed by atoms with Crippen LogP contribution in [0.5, 0.6) is 0 Å². The molecule has 250 valence electrons. The molecule has 2 aliphatic rings. The highest BCUT2D eigenvalue weighted by Crippen LogP contribution is 2.39. The molecule has 0 saturated carbocycles. The van der Waals surface area contributed by atoms with Crippen LogP contribution < -0.4 is 0 Å². The lowest BCUT2D eigenvalue weighted by atomic mass is 10.1. The minimum absolute atomic E-state index is 0.0334. The first kappa shape index (κ1) is 37.5. The number of thioether (sulfide) groups is 2. The average molecular weight is 733 g/mol. The molecule has 0 N–H and O–H groups in total. The molecule has 2 aromatic heterocycles. The first-order valence-electron chi connectivity index (χ1n) is 17.1. The van der Waals surface area contributed by atoms with Crippen LogP contribution in [0.3, 0.4) is 0 Å². The molecular formula is C36H48N2O2S6. The van der Waals surface area contributed by atoms with E-state index in [1.165, 1.54) is 101 Å². The normalized spacial score (nSPS) is 17.2. The van der Waals surface area contributed by atoms with Crippen molar-refractivity contribution in [2.75, 3.05) is 13.1 Å². The van der Waals surface area contributed by atoms with Gasteiger partial charge < -0.3 is 0 Å². The minimum Gasteiger partial charge on any atom is -0.293 e. The van der Waals surface area contributed by atoms with Gasteiger partial charge in [-0.15, -0.1) is 22.7 Å². The van der Waals surface area contributed by atoms with Crippen molar-refractivity contribution in [2.45, 2.75) is 117 Å². The maximum absolute atomic E-state index is 13.1. The molecular weight excluding hydrogens is 685 g/mol. The van der Waals surface area contributed by atoms with Crippen molar-refractivity contribution in [1.29, 1.82) is 0 Å². The number of hydrogen-bond acceptors (Lipinski definition) is 8. The smallest absolute Gasteiger partial charge is 0.266 e. The average Bonchev–Trinajstić information content (AvgIpc) is 3.81. The fourth-order valence-corrected chi connectivity index (χ4v) is 10.3. The summed E-state index contributed by atoms with van der Waals surface area (Å²) in [4.78, 5) is 35.6. The van der Waals surface area contributed by atoms with Gasteiger partial charge in [0.05, 0.1) is 9.81 Å². The number of hydrogen-bond donors (Lipinski definition) is 0. The van der Waals surface area contributed by atoms with Crippen molar-refractivity contribution in [3.8, 4) is 9.75 Å². The van der Waals surface area contributed by atoms with Crippen molar-refractivity contribution < 1.29 is 9.59 Å². The van der Waals surface area contributed by atoms with Gasteiger partial charge in [-0.1, -0.05) is 152 Å². The summed E-state index contributed by atoms with van der Waals surface area (Å²) in [5, 5.41) is 0. The van der Waals surface area contributed by atoms with Crippen LogP contribution in [-0.4, -0.2) is 43.3 Å². The van der Waals surface area contributed by atoms with Crippen LogP contribution >= 0.6 is 70.6 Å². The lowest BCUT2D eigenvalue weighted by Gasteiger charge is -2.14. The Balaban J connectivity index is 1.25. The predicted molar refractivity (Wildman–Crippen MR) is 213 cm³/mol. The van der Waals surface area contributed by atoms with Crippen LogP contribution in [0.1, 0.15) is 126 Å². The van der Waals surface area contributed by atoms with Gasteiger partial charge in [0.25, 0.3) is 11.8 Å². The summed E-state index contributed by atoms with van der Waals surface area (Å²) in [5.41, 5.74) is 0. The fraction of sp³-hybridized carbons (Fsp3) is 0.556. The van der Waals surface area contributed by atoms with E-state index in [0.29, 0.717) is 31.5 Å². The number of thiocarbonyl (C=S) groups is 2. The van der Waals surface area contributed by atoms with Gasteiger partial charge in [0, 0.05) is 32.6 Å². The molecule has 0 unspecified atom stereocenters. The van der Waals surface area contributed by atoms with Crippen molar-refractivity contribution in [3.05, 3.63) is 43.8 Å². The number of nitrogens with zero attached hydrogens (tertiary/aromatic N) is 2. The van der Waals surface area contributed by atoms with E-state index in [-0.39, 0.29) is 11.8 Å². The number of thiophene rings is 2. The standard InChI is InChI=1S/C36H48N2O2S6/c1-3-5-7-9-11-13-15-17-23-37-33(39)31(45-35(37)41)25-27-19-21-29(43-27)30-22-20-28(44-30)26-32-34(40)38(36(42)46-32)24-18-16-14-12-10-8-6-4-2/h19-22,25-26H,3-18,23-24H2,1-2H3/b31-25-,32-26-. The molecule has 0 spiro atoms. The van der Waals surface area contributed by atoms with E-state index >= 15 is 0 Å². The zero-order valence-electron chi connectivity index (χ0n) is 27.4. The maximum atomic E-state index is 13.1. The third-order valence-corrected chi connectivity index (χ3v) is 13.3. The Morgan fingerprint density at radius 2 is 0.891 bits per heavy atom. The molecule has 4 nitrogen and oxygen atoms in total. The van der Waals surface area contributed by atoms with Gasteiger partial charge in [0.2, 0.25) is 0 Å². The Hall–Kier alpha value is -1.30. The molecule has 46 heavy (non-hydrogen) atoms. The van der Waals surface area contributed by atoms with Crippen molar-refractivity contribution >= 4 is 103 Å². The van der Waals surface area contributed by atoms with E-state index in [2.05, 4.69) is 38.1 Å². The second kappa shape index (κ2) is 20.3. The Kier molecular flexibility index (Phi) is 16.5. The largest absolute Gasteiger partial charge is 0.293 e. The van der Waals surface area contributed by atoms with E-state index < -0.39 is 0 Å². The van der Waals surface area contributed by atoms with E-state index in [9.17, 15) is 9.59 Å². The quantitative estimate of drug-likeness (QED) is 0.0723. The van der Waals surface area contributed by atoms with Gasteiger partial charge in [-0.25, -0.2) is 0 Å². The summed E-state index contributed by atoms with van der Waals surface area (Å²) < 4.78 is 1.34. The summed E-state index contributed by atoms with van der Waals surface area (Å²) in [5.74, 6) is 0.0667. The zero-order chi connectivity index (χ0) is 32.7. The first-order chi connectivity index (χ1) is 22.4. The van der Waals surface area contributed by atoms with Gasteiger partial charge in [0.1, 0.15) is 8.64 Å². The van der Waals surface area contributed by atoms with Gasteiger partial charge in [-0.3, -0.25) is 19.4 Å². The lowest BCUT2D eigenvalue weighted by Crippen LogP contribution is -2.28. The van der Waals surface area contributed by atoms with Gasteiger partial charge in [-0.05, 0) is 49.3 Å². The molecule has 0 bridgehead atoms. The topological polar surface area (TPSA) is 40.6 Å². The first-order valence-corrected chi connectivity index (χ1v) is 21.2. The third-order valence-electron chi connectivity index (χ3n) is 8.26. The minimum atomic E-state index is 0.0334. The summed E-state index contributed by atoms with van der Waals surface area (Å²) >= 11 is 17.3. The summed E-state index contributed by atoms with van der Waals surface area (Å²) in [6.45, 7) is 5.91. The Labute approximate surface area is 303 Å². The second-order valence-electron chi connectivity index (χ2n) is 12.0.